The highest BCUT2D eigenvalue weighted by Gasteiger charge is 2.77. The number of nitrogens with two attached hydrogens (primary N) is 1. The van der Waals surface area contributed by atoms with E-state index >= 15 is 0 Å². The van der Waals surface area contributed by atoms with Crippen LogP contribution in [0.1, 0.15) is 287 Å². The van der Waals surface area contributed by atoms with Crippen LogP contribution in [-0.2, 0) is 66.9 Å². The van der Waals surface area contributed by atoms with E-state index in [1.54, 1.807) is 59.8 Å². The van der Waals surface area contributed by atoms with Crippen molar-refractivity contribution in [2.45, 2.75) is 309 Å². The number of Topliss-reactive ketones (excluding diaryl/α,β-unsaturated/α-hetero) is 3. The number of carbonyl (C=O) groups excluding carboxylic acids is 11. The molecule has 21 nitrogen and oxygen atoms in total. The van der Waals surface area contributed by atoms with Crippen LogP contribution in [0.3, 0.4) is 0 Å². The molecule has 0 unspecified atom stereocenters. The predicted molar refractivity (Wildman–Crippen MR) is 457 cm³/mol. The smallest absolute Gasteiger partial charge is 0.408 e. The number of nitrogens with one attached hydrogen (secondary N) is 2. The zero-order valence-corrected chi connectivity index (χ0v) is 77.1. The second-order valence-corrected chi connectivity index (χ2v) is 46.5. The molecule has 24 atom stereocenters. The van der Waals surface area contributed by atoms with Crippen LogP contribution in [0.5, 0.6) is 0 Å². The second kappa shape index (κ2) is 28.5. The van der Waals surface area contributed by atoms with Crippen LogP contribution in [0.2, 0.25) is 0 Å². The van der Waals surface area contributed by atoms with Crippen LogP contribution in [-0.4, -0.2) is 108 Å². The molecular formula is C100H136N6O15. The van der Waals surface area contributed by atoms with Crippen molar-refractivity contribution in [3.8, 4) is 0 Å². The molecule has 0 aliphatic heterocycles. The van der Waals surface area contributed by atoms with Crippen molar-refractivity contribution in [1.29, 1.82) is 0 Å². The van der Waals surface area contributed by atoms with Crippen molar-refractivity contribution < 1.29 is 71.7 Å². The van der Waals surface area contributed by atoms with E-state index in [2.05, 4.69) is 115 Å². The van der Waals surface area contributed by atoms with Gasteiger partial charge in [-0.3, -0.25) is 33.6 Å². The Balaban J connectivity index is 0.000000157. The first-order chi connectivity index (χ1) is 55.6. The molecule has 0 bridgehead atoms. The fourth-order valence-electron chi connectivity index (χ4n) is 30.8. The van der Waals surface area contributed by atoms with Gasteiger partial charge in [0.2, 0.25) is 23.0 Å². The molecule has 0 radical (unpaired) electrons. The lowest BCUT2D eigenvalue weighted by Gasteiger charge is -2.69. The average molecular weight is 1660 g/mol. The predicted octanol–water partition coefficient (Wildman–Crippen LogP) is 18.0. The van der Waals surface area contributed by atoms with E-state index < -0.39 is 82.8 Å². The fraction of sp³-hybridized carbons (Fsp3) is 0.740. The van der Waals surface area contributed by atoms with E-state index in [1.165, 1.54) is 28.3 Å². The topological polar surface area (TPSA) is 288 Å². The molecule has 0 saturated heterocycles. The Bertz CT molecular complexity index is 4900. The Labute approximate surface area is 718 Å². The number of ether oxygens (including phenoxy) is 4. The van der Waals surface area contributed by atoms with Gasteiger partial charge < -0.3 is 49.7 Å². The van der Waals surface area contributed by atoms with Crippen molar-refractivity contribution in [3.05, 3.63) is 105 Å². The van der Waals surface area contributed by atoms with E-state index in [-0.39, 0.29) is 156 Å². The third-order valence-corrected chi connectivity index (χ3v) is 37.7. The maximum absolute atomic E-state index is 14.6. The number of ketones is 6. The SMILES string of the molecule is [C-]#[N+]C1=C[C@]2(C)C3=CC(=O)[C@@H]4[C@@H]5CC(C)(C)CC[C@]5(C(=O)OC)CC[C@@]4(C)[C@]3(C)CC[C@H]2[C@](C)(N)C1=O.[C-]#[N+]C1=C[C@]2(C)C3=CC(=O)[C@@H]4[C@@H]5CC(C)(C)CC[C@]5(C(=O)OC)CC[C@@]4(C)[C@]3(C)CC[C@H]2[C@](C)(NC(=O)OC(C)(C)C)C1=O.[C-]#[N+]C1=C[C@]2(C)C3=CC(=O)[C@@H]4[C@@H]5CC(C)(C)CC[C@]5(C(=O)OC)CC[C@@]4(C)[C@]3(C)CC[C@H]2[C@](C)(NC(C)=O)C1=O. The lowest BCUT2D eigenvalue weighted by Crippen LogP contribution is -2.69. The molecule has 0 aromatic rings. The van der Waals surface area contributed by atoms with Crippen LogP contribution >= 0.6 is 0 Å². The first kappa shape index (κ1) is 90.8. The number of allylic oxidation sites excluding steroid dienone is 9. The summed E-state index contributed by atoms with van der Waals surface area (Å²) in [5.74, 6) is -3.89. The van der Waals surface area contributed by atoms with E-state index in [0.717, 1.165) is 113 Å². The molecule has 9 saturated carbocycles. The van der Waals surface area contributed by atoms with Crippen molar-refractivity contribution in [1.82, 2.24) is 10.6 Å². The first-order valence-corrected chi connectivity index (χ1v) is 44.7. The number of rotatable bonds is 5. The number of alkyl carbamates (subject to hydrolysis) is 1. The second-order valence-electron chi connectivity index (χ2n) is 46.5. The number of amides is 2. The molecule has 0 heterocycles. The molecule has 0 spiro atoms. The third kappa shape index (κ3) is 12.6. The first-order valence-electron chi connectivity index (χ1n) is 44.7. The molecular weight excluding hydrogens is 1530 g/mol. The van der Waals surface area contributed by atoms with Gasteiger partial charge in [-0.15, -0.1) is 0 Å². The van der Waals surface area contributed by atoms with Gasteiger partial charge in [0.05, 0.1) is 73.9 Å². The van der Waals surface area contributed by atoms with Crippen LogP contribution in [0.15, 0.2) is 70.3 Å². The minimum absolute atomic E-state index is 0.00139. The van der Waals surface area contributed by atoms with Gasteiger partial charge in [0.1, 0.15) is 5.60 Å². The zero-order valence-electron chi connectivity index (χ0n) is 77.1. The molecule has 15 aliphatic carbocycles. The number of nitrogens with zero attached hydrogens (tertiary/aromatic N) is 3. The maximum atomic E-state index is 14.6. The third-order valence-electron chi connectivity index (χ3n) is 37.7. The van der Waals surface area contributed by atoms with Crippen molar-refractivity contribution in [2.75, 3.05) is 21.3 Å². The highest BCUT2D eigenvalue weighted by atomic mass is 16.6. The number of methoxy groups -OCH3 is 3. The van der Waals surface area contributed by atoms with Crippen LogP contribution in [0, 0.1) is 154 Å². The van der Waals surface area contributed by atoms with E-state index in [1.807, 2.05) is 32.1 Å². The standard InChI is InChI=1S/C36H50N2O6.C33H44N2O5.C31H42N2O4/c1-30(2,3)44-29(42)38-35(9)24-12-13-33(7)25(32(24,6)20-22(37-10)27(35)40)18-23(39)26-21-19-31(4,5)14-16-36(21,28(41)43-11)17-15-34(26,33)8;1-19(36)35-32(7)23-10-11-30(5)24(29(23,4)18-21(34-8)26(32)38)16-22(37)25-20-17-28(2,3)12-14-33(20,27(39)40-9)15-13-31(25,30)6;1-26(2)11-13-31(25(36)37-8)14-12-29(5)23(18(31)16-26)20(34)15-22-27(3)17-19(33-7)24(35)30(6,32)21(27)9-10-28(22,29)4/h18,20-21,24,26H,12-17,19H2,1-9,11H3,(H,38,42);16,18,20,23,25H,10-15,17H2,1-7,9H3,(H,35,36);15,17-18,21,23H,9-14,16,32H2,1-6,8H3/t21-,24+,26-,32-,33+,34+,35-,36-;20-,23+,25-,29-,30+,31+,32-,33-;18-,21+,23-,27-,28+,29+,30-,31-/m000/s1. The number of esters is 3. The largest absolute Gasteiger partial charge is 0.469 e. The summed E-state index contributed by atoms with van der Waals surface area (Å²) < 4.78 is 21.8. The summed E-state index contributed by atoms with van der Waals surface area (Å²) in [6, 6.07) is 0. The lowest BCUT2D eigenvalue weighted by molar-refractivity contribution is -0.191. The average Bonchev–Trinajstić information content (AvgIpc) is 0.717. The van der Waals surface area contributed by atoms with E-state index in [4.69, 9.17) is 44.4 Å². The zero-order chi connectivity index (χ0) is 90.0. The summed E-state index contributed by atoms with van der Waals surface area (Å²) in [7, 11) is 4.39. The van der Waals surface area contributed by atoms with Gasteiger partial charge in [-0.05, 0) is 279 Å². The monoisotopic (exact) mass is 1660 g/mol. The van der Waals surface area contributed by atoms with Crippen LogP contribution < -0.4 is 16.4 Å². The Kier molecular flexibility index (Phi) is 21.4. The summed E-state index contributed by atoms with van der Waals surface area (Å²) in [5, 5.41) is 5.80. The van der Waals surface area contributed by atoms with Gasteiger partial charge in [0.15, 0.2) is 34.7 Å². The number of carbonyl (C=O) groups is 11. The molecule has 2 amide bonds. The summed E-state index contributed by atoms with van der Waals surface area (Å²) >= 11 is 0. The molecule has 121 heavy (non-hydrogen) atoms. The minimum atomic E-state index is -1.39. The van der Waals surface area contributed by atoms with E-state index in [9.17, 15) is 52.7 Å². The normalized spacial score (nSPS) is 45.2. The summed E-state index contributed by atoms with van der Waals surface area (Å²) in [4.78, 5) is 160. The molecule has 15 rings (SSSR count). The Hall–Kier alpha value is -7.96. The summed E-state index contributed by atoms with van der Waals surface area (Å²) in [6.45, 7) is 68.4. The number of hydrogen-bond acceptors (Lipinski definition) is 16. The maximum Gasteiger partial charge on any atom is 0.408 e. The molecule has 656 valence electrons. The van der Waals surface area contributed by atoms with Crippen LogP contribution in [0.25, 0.3) is 14.5 Å². The van der Waals surface area contributed by atoms with Gasteiger partial charge >= 0.3 is 24.0 Å². The van der Waals surface area contributed by atoms with Gasteiger partial charge in [-0.25, -0.2) is 19.3 Å². The Morgan fingerprint density at radius 1 is 0.405 bits per heavy atom. The highest BCUT2D eigenvalue weighted by molar-refractivity contribution is 6.09. The number of hydrogen-bond donors (Lipinski definition) is 3. The Morgan fingerprint density at radius 2 is 0.678 bits per heavy atom. The molecule has 0 aromatic carbocycles. The van der Waals surface area contributed by atoms with Crippen molar-refractivity contribution in [3.63, 3.8) is 0 Å². The van der Waals surface area contributed by atoms with Gasteiger partial charge in [0, 0.05) is 40.9 Å². The molecule has 4 N–H and O–H groups in total. The summed E-state index contributed by atoms with van der Waals surface area (Å²) in [5.41, 5.74) is -1.36. The quantitative estimate of drug-likeness (QED) is 0.131. The van der Waals surface area contributed by atoms with Gasteiger partial charge in [0.25, 0.3) is 0 Å². The molecule has 21 heteroatoms. The van der Waals surface area contributed by atoms with Crippen LogP contribution in [0.4, 0.5) is 4.79 Å². The highest BCUT2D eigenvalue weighted by Crippen LogP contribution is 2.79. The minimum Gasteiger partial charge on any atom is -0.469 e. The van der Waals surface area contributed by atoms with Crippen molar-refractivity contribution in [2.24, 2.45) is 140 Å². The van der Waals surface area contributed by atoms with Crippen molar-refractivity contribution >= 4 is 64.6 Å². The Morgan fingerprint density at radius 3 is 0.959 bits per heavy atom. The lowest BCUT2D eigenvalue weighted by atomic mass is 9.34. The van der Waals surface area contributed by atoms with Gasteiger partial charge in [-0.1, -0.05) is 139 Å². The van der Waals surface area contributed by atoms with E-state index in [0.29, 0.717) is 38.5 Å². The van der Waals surface area contributed by atoms with Gasteiger partial charge in [-0.2, -0.15) is 0 Å². The number of fused-ring (bicyclic) bond motifs is 21. The molecule has 15 aliphatic rings. The fourth-order valence-corrected chi connectivity index (χ4v) is 30.8. The molecule has 9 fully saturated rings. The molecule has 0 aromatic heterocycles. The summed E-state index contributed by atoms with van der Waals surface area (Å²) in [6.07, 6.45) is 26.1.